The highest BCUT2D eigenvalue weighted by atomic mass is 16.6. The van der Waals surface area contributed by atoms with Gasteiger partial charge in [-0.05, 0) is 31.6 Å². The molecule has 2 aliphatic rings. The predicted molar refractivity (Wildman–Crippen MR) is 96.9 cm³/mol. The number of hydrogen-bond acceptors (Lipinski definition) is 3. The van der Waals surface area contributed by atoms with E-state index in [0.717, 1.165) is 25.7 Å². The number of amides is 1. The molecule has 0 aromatic rings. The second-order valence-corrected chi connectivity index (χ2v) is 7.74. The number of unbranched alkanes of at least 4 members (excludes halogenated alkanes) is 1. The van der Waals surface area contributed by atoms with Gasteiger partial charge in [-0.1, -0.05) is 52.2 Å². The molecule has 2 rings (SSSR count). The molecule has 1 aliphatic heterocycles. The third kappa shape index (κ3) is 3.79. The lowest BCUT2D eigenvalue weighted by Gasteiger charge is -2.55. The molecule has 1 amide bonds. The van der Waals surface area contributed by atoms with Gasteiger partial charge in [0.2, 0.25) is 0 Å². The molecule has 1 aliphatic carbocycles. The van der Waals surface area contributed by atoms with E-state index in [1.54, 1.807) is 0 Å². The summed E-state index contributed by atoms with van der Waals surface area (Å²) in [6, 6.07) is 0. The lowest BCUT2D eigenvalue weighted by Crippen LogP contribution is -2.57. The first kappa shape index (κ1) is 19.3. The highest BCUT2D eigenvalue weighted by Gasteiger charge is 2.53. The molecule has 0 saturated carbocycles. The zero-order valence-corrected chi connectivity index (χ0v) is 16.1. The highest BCUT2D eigenvalue weighted by molar-refractivity contribution is 5.67. The van der Waals surface area contributed by atoms with Crippen LogP contribution in [0.4, 0.5) is 4.79 Å². The van der Waals surface area contributed by atoms with Gasteiger partial charge in [-0.15, -0.1) is 0 Å². The zero-order valence-electron chi connectivity index (χ0n) is 16.1. The molecule has 24 heavy (non-hydrogen) atoms. The molecule has 138 valence electrons. The number of nitrogens with one attached hydrogen (secondary N) is 1. The topological polar surface area (TPSA) is 47.6 Å². The van der Waals surface area contributed by atoms with Gasteiger partial charge < -0.3 is 14.8 Å². The third-order valence-electron chi connectivity index (χ3n) is 6.20. The molecule has 1 fully saturated rings. The van der Waals surface area contributed by atoms with Gasteiger partial charge in [0.25, 0.3) is 0 Å². The lowest BCUT2D eigenvalue weighted by atomic mass is 9.56. The Labute approximate surface area is 147 Å². The number of carbonyl (C=O) groups excluding carboxylic acids is 1. The fraction of sp³-hybridized carbons (Fsp3) is 0.850. The fourth-order valence-corrected chi connectivity index (χ4v) is 4.55. The molecule has 5 atom stereocenters. The molecule has 1 N–H and O–H groups in total. The number of rotatable bonds is 7. The van der Waals surface area contributed by atoms with Gasteiger partial charge in [-0.2, -0.15) is 0 Å². The van der Waals surface area contributed by atoms with Crippen molar-refractivity contribution in [3.05, 3.63) is 11.6 Å². The standard InChI is InChI=1S/C20H35NO3/c1-6-8-10-21-19(22)24-13-20-12-23-17(9-7-2)18(16(20)5)14(3)11-15(20)4/h11,15-18H,6-10,12-13H2,1-5H3,(H,21,22)/t15-,16+,17-,18+,20+/m0/s1. The van der Waals surface area contributed by atoms with Crippen LogP contribution in [0.25, 0.3) is 0 Å². The molecule has 2 bridgehead atoms. The van der Waals surface area contributed by atoms with Crippen molar-refractivity contribution in [2.45, 2.75) is 66.4 Å². The van der Waals surface area contributed by atoms with Gasteiger partial charge in [0.05, 0.1) is 12.7 Å². The number of fused-ring (bicyclic) bond motifs is 2. The van der Waals surface area contributed by atoms with Crippen LogP contribution < -0.4 is 5.32 Å². The Balaban J connectivity index is 2.06. The molecule has 4 heteroatoms. The van der Waals surface area contributed by atoms with Crippen molar-refractivity contribution >= 4 is 6.09 Å². The second-order valence-electron chi connectivity index (χ2n) is 7.74. The Morgan fingerprint density at radius 2 is 2.12 bits per heavy atom. The van der Waals surface area contributed by atoms with Crippen LogP contribution in [0.2, 0.25) is 0 Å². The molecule has 1 heterocycles. The first-order valence-corrected chi connectivity index (χ1v) is 9.66. The highest BCUT2D eigenvalue weighted by Crippen LogP contribution is 2.53. The Morgan fingerprint density at radius 1 is 1.38 bits per heavy atom. The van der Waals surface area contributed by atoms with E-state index in [1.807, 2.05) is 0 Å². The normalized spacial score (nSPS) is 35.3. The molecule has 0 aromatic heterocycles. The van der Waals surface area contributed by atoms with E-state index in [2.05, 4.69) is 46.0 Å². The van der Waals surface area contributed by atoms with Crippen molar-refractivity contribution < 1.29 is 14.3 Å². The molecule has 0 spiro atoms. The van der Waals surface area contributed by atoms with Crippen LogP contribution in [0, 0.1) is 23.2 Å². The largest absolute Gasteiger partial charge is 0.449 e. The second kappa shape index (κ2) is 8.37. The number of alkyl carbamates (subject to hydrolysis) is 1. The van der Waals surface area contributed by atoms with E-state index in [4.69, 9.17) is 9.47 Å². The quantitative estimate of drug-likeness (QED) is 0.548. The number of allylic oxidation sites excluding steroid dienone is 1. The molecule has 0 radical (unpaired) electrons. The minimum absolute atomic E-state index is 0.101. The summed E-state index contributed by atoms with van der Waals surface area (Å²) in [5.74, 6) is 1.27. The van der Waals surface area contributed by atoms with E-state index in [-0.39, 0.29) is 11.5 Å². The summed E-state index contributed by atoms with van der Waals surface area (Å²) < 4.78 is 11.9. The van der Waals surface area contributed by atoms with Gasteiger partial charge in [0.1, 0.15) is 6.61 Å². The van der Waals surface area contributed by atoms with Crippen molar-refractivity contribution in [2.75, 3.05) is 19.8 Å². The molecular formula is C20H35NO3. The third-order valence-corrected chi connectivity index (χ3v) is 6.20. The first-order valence-electron chi connectivity index (χ1n) is 9.66. The number of carbonyl (C=O) groups is 1. The molecule has 1 saturated heterocycles. The number of hydrogen-bond donors (Lipinski definition) is 1. The SMILES string of the molecule is CCCCNC(=O)OC[C@]12CO[C@@H](CCC)[C@H](C(C)=C[C@@H]1C)[C@H]2C. The van der Waals surface area contributed by atoms with Gasteiger partial charge in [-0.3, -0.25) is 0 Å². The van der Waals surface area contributed by atoms with E-state index >= 15 is 0 Å². The molecule has 4 nitrogen and oxygen atoms in total. The van der Waals surface area contributed by atoms with Crippen molar-refractivity contribution in [1.29, 1.82) is 0 Å². The van der Waals surface area contributed by atoms with Gasteiger partial charge in [-0.25, -0.2) is 4.79 Å². The van der Waals surface area contributed by atoms with E-state index < -0.39 is 0 Å². The van der Waals surface area contributed by atoms with Gasteiger partial charge in [0, 0.05) is 17.9 Å². The summed E-state index contributed by atoms with van der Waals surface area (Å²) in [5, 5.41) is 2.84. The maximum atomic E-state index is 12.0. The smallest absolute Gasteiger partial charge is 0.407 e. The van der Waals surface area contributed by atoms with Crippen molar-refractivity contribution in [1.82, 2.24) is 5.32 Å². The average Bonchev–Trinajstić information content (AvgIpc) is 2.53. The molecular weight excluding hydrogens is 302 g/mol. The molecule has 0 aromatic carbocycles. The van der Waals surface area contributed by atoms with Crippen LogP contribution in [-0.4, -0.2) is 32.0 Å². The van der Waals surface area contributed by atoms with E-state index in [0.29, 0.717) is 43.6 Å². The minimum atomic E-state index is -0.296. The Kier molecular flexibility index (Phi) is 6.73. The van der Waals surface area contributed by atoms with E-state index in [9.17, 15) is 4.79 Å². The lowest BCUT2D eigenvalue weighted by molar-refractivity contribution is -0.164. The maximum absolute atomic E-state index is 12.0. The van der Waals surface area contributed by atoms with Crippen molar-refractivity contribution in [3.63, 3.8) is 0 Å². The Hall–Kier alpha value is -1.03. The monoisotopic (exact) mass is 337 g/mol. The van der Waals surface area contributed by atoms with Crippen molar-refractivity contribution in [2.24, 2.45) is 23.2 Å². The predicted octanol–water partition coefficient (Wildman–Crippen LogP) is 4.55. The molecule has 0 unspecified atom stereocenters. The summed E-state index contributed by atoms with van der Waals surface area (Å²) >= 11 is 0. The maximum Gasteiger partial charge on any atom is 0.407 e. The summed E-state index contributed by atoms with van der Waals surface area (Å²) in [7, 11) is 0. The summed E-state index contributed by atoms with van der Waals surface area (Å²) in [6.45, 7) is 12.9. The minimum Gasteiger partial charge on any atom is -0.449 e. The Morgan fingerprint density at radius 3 is 2.79 bits per heavy atom. The Bertz CT molecular complexity index is 462. The summed E-state index contributed by atoms with van der Waals surface area (Å²) in [5.41, 5.74) is 1.34. The zero-order chi connectivity index (χ0) is 17.7. The van der Waals surface area contributed by atoms with Gasteiger partial charge >= 0.3 is 6.09 Å². The number of ether oxygens (including phenoxy) is 2. The van der Waals surface area contributed by atoms with Crippen molar-refractivity contribution in [3.8, 4) is 0 Å². The van der Waals surface area contributed by atoms with E-state index in [1.165, 1.54) is 5.57 Å². The van der Waals surface area contributed by atoms with Crippen LogP contribution >= 0.6 is 0 Å². The summed E-state index contributed by atoms with van der Waals surface area (Å²) in [6.07, 6.45) is 6.68. The van der Waals surface area contributed by atoms with Crippen LogP contribution in [0.5, 0.6) is 0 Å². The fourth-order valence-electron chi connectivity index (χ4n) is 4.55. The van der Waals surface area contributed by atoms with Gasteiger partial charge in [0.15, 0.2) is 0 Å². The van der Waals surface area contributed by atoms with Crippen LogP contribution in [0.1, 0.15) is 60.3 Å². The van der Waals surface area contributed by atoms with Crippen LogP contribution in [0.3, 0.4) is 0 Å². The summed E-state index contributed by atoms with van der Waals surface area (Å²) in [4.78, 5) is 12.0. The first-order chi connectivity index (χ1) is 11.5. The average molecular weight is 338 g/mol. The van der Waals surface area contributed by atoms with Crippen LogP contribution in [-0.2, 0) is 9.47 Å². The van der Waals surface area contributed by atoms with Crippen LogP contribution in [0.15, 0.2) is 11.6 Å².